The van der Waals surface area contributed by atoms with E-state index in [0.29, 0.717) is 24.7 Å². The number of nitrogens with zero attached hydrogens (tertiary/aromatic N) is 3. The molecule has 2 atom stereocenters. The van der Waals surface area contributed by atoms with Crippen LogP contribution in [0.4, 0.5) is 5.69 Å². The molecule has 2 N–H and O–H groups in total. The second-order valence-electron chi connectivity index (χ2n) is 8.12. The van der Waals surface area contributed by atoms with Crippen LogP contribution in [0, 0.1) is 0 Å². The Bertz CT molecular complexity index is 1020. The van der Waals surface area contributed by atoms with Gasteiger partial charge in [-0.25, -0.2) is 0 Å². The van der Waals surface area contributed by atoms with E-state index in [-0.39, 0.29) is 30.0 Å². The van der Waals surface area contributed by atoms with Gasteiger partial charge in [0.25, 0.3) is 11.5 Å². The van der Waals surface area contributed by atoms with Crippen LogP contribution < -0.4 is 21.3 Å². The predicted octanol–water partition coefficient (Wildman–Crippen LogP) is 0.765. The molecule has 1 aromatic heterocycles. The van der Waals surface area contributed by atoms with Crippen molar-refractivity contribution in [3.05, 3.63) is 64.1 Å². The highest BCUT2D eigenvalue weighted by molar-refractivity contribution is 5.96. The van der Waals surface area contributed by atoms with E-state index in [0.717, 1.165) is 24.1 Å². The SMILES string of the molecule is CC1CC(CN(C)C(=O)c2ccc(=O)n(CC(=O)N3CCc4ccccc43)c2)NN1. The van der Waals surface area contributed by atoms with Gasteiger partial charge in [0.2, 0.25) is 5.91 Å². The monoisotopic (exact) mass is 409 g/mol. The summed E-state index contributed by atoms with van der Waals surface area (Å²) in [6.07, 6.45) is 3.23. The number of hydrogen-bond donors (Lipinski definition) is 2. The van der Waals surface area contributed by atoms with Crippen LogP contribution in [-0.4, -0.2) is 53.5 Å². The van der Waals surface area contributed by atoms with Crippen molar-refractivity contribution in [2.45, 2.75) is 38.4 Å². The lowest BCUT2D eigenvalue weighted by Crippen LogP contribution is -2.41. The van der Waals surface area contributed by atoms with Gasteiger partial charge in [-0.05, 0) is 37.5 Å². The lowest BCUT2D eigenvalue weighted by atomic mass is 10.1. The van der Waals surface area contributed by atoms with E-state index in [1.54, 1.807) is 16.8 Å². The molecule has 8 heteroatoms. The zero-order valence-corrected chi connectivity index (χ0v) is 17.3. The molecular formula is C22H27N5O3. The van der Waals surface area contributed by atoms with Crippen molar-refractivity contribution in [3.8, 4) is 0 Å². The van der Waals surface area contributed by atoms with Gasteiger partial charge >= 0.3 is 0 Å². The third-order valence-corrected chi connectivity index (χ3v) is 5.74. The molecule has 2 aromatic rings. The lowest BCUT2D eigenvalue weighted by Gasteiger charge is -2.22. The minimum Gasteiger partial charge on any atom is -0.340 e. The summed E-state index contributed by atoms with van der Waals surface area (Å²) in [4.78, 5) is 41.4. The minimum absolute atomic E-state index is 0.0936. The number of aromatic nitrogens is 1. The topological polar surface area (TPSA) is 86.7 Å². The van der Waals surface area contributed by atoms with Crippen LogP contribution in [0.25, 0.3) is 0 Å². The van der Waals surface area contributed by atoms with Gasteiger partial charge in [-0.2, -0.15) is 0 Å². The molecule has 2 aliphatic heterocycles. The van der Waals surface area contributed by atoms with E-state index in [2.05, 4.69) is 17.8 Å². The van der Waals surface area contributed by atoms with Gasteiger partial charge in [0.1, 0.15) is 6.54 Å². The number of amides is 2. The number of benzene rings is 1. The van der Waals surface area contributed by atoms with Crippen molar-refractivity contribution in [1.29, 1.82) is 0 Å². The number of para-hydroxylation sites is 1. The summed E-state index contributed by atoms with van der Waals surface area (Å²) in [5.41, 5.74) is 8.45. The maximum atomic E-state index is 12.9. The van der Waals surface area contributed by atoms with Crippen LogP contribution in [0.5, 0.6) is 0 Å². The number of pyridine rings is 1. The molecule has 0 saturated carbocycles. The molecule has 30 heavy (non-hydrogen) atoms. The minimum atomic E-state index is -0.300. The lowest BCUT2D eigenvalue weighted by molar-refractivity contribution is -0.119. The van der Waals surface area contributed by atoms with E-state index in [4.69, 9.17) is 0 Å². The summed E-state index contributed by atoms with van der Waals surface area (Å²) in [6.45, 7) is 3.15. The van der Waals surface area contributed by atoms with Gasteiger partial charge in [-0.15, -0.1) is 0 Å². The Morgan fingerprint density at radius 2 is 1.97 bits per heavy atom. The Labute approximate surface area is 175 Å². The summed E-state index contributed by atoms with van der Waals surface area (Å²) in [7, 11) is 1.74. The summed E-state index contributed by atoms with van der Waals surface area (Å²) in [6, 6.07) is 11.2. The Kier molecular flexibility index (Phi) is 5.69. The highest BCUT2D eigenvalue weighted by Crippen LogP contribution is 2.27. The highest BCUT2D eigenvalue weighted by atomic mass is 16.2. The standard InChI is InChI=1S/C22H27N5O3/c1-15-11-18(24-23-15)13-25(2)22(30)17-7-8-20(28)26(12-17)14-21(29)27-10-9-16-5-3-4-6-19(16)27/h3-8,12,15,18,23-24H,9-11,13-14H2,1-2H3. The average molecular weight is 409 g/mol. The van der Waals surface area contributed by atoms with E-state index in [1.807, 2.05) is 24.3 Å². The van der Waals surface area contributed by atoms with Gasteiger partial charge in [0, 0.05) is 50.2 Å². The number of hydrogen-bond acceptors (Lipinski definition) is 5. The molecule has 2 unspecified atom stereocenters. The predicted molar refractivity (Wildman–Crippen MR) is 114 cm³/mol. The fourth-order valence-corrected chi connectivity index (χ4v) is 4.17. The van der Waals surface area contributed by atoms with Crippen molar-refractivity contribution < 1.29 is 9.59 Å². The molecule has 0 aliphatic carbocycles. The van der Waals surface area contributed by atoms with E-state index in [1.165, 1.54) is 22.9 Å². The molecule has 4 rings (SSSR count). The van der Waals surface area contributed by atoms with Crippen LogP contribution in [0.3, 0.4) is 0 Å². The largest absolute Gasteiger partial charge is 0.340 e. The first kappa shape index (κ1) is 20.3. The normalized spacial score (nSPS) is 20.3. The number of nitrogens with one attached hydrogen (secondary N) is 2. The second kappa shape index (κ2) is 8.41. The Hall–Kier alpha value is -2.97. The van der Waals surface area contributed by atoms with E-state index < -0.39 is 0 Å². The van der Waals surface area contributed by atoms with Gasteiger partial charge in [-0.1, -0.05) is 18.2 Å². The van der Waals surface area contributed by atoms with Gasteiger partial charge < -0.3 is 14.4 Å². The zero-order valence-electron chi connectivity index (χ0n) is 17.3. The number of carbonyl (C=O) groups is 2. The van der Waals surface area contributed by atoms with E-state index in [9.17, 15) is 14.4 Å². The molecule has 0 bridgehead atoms. The zero-order chi connectivity index (χ0) is 21.3. The molecule has 8 nitrogen and oxygen atoms in total. The molecule has 1 saturated heterocycles. The number of anilines is 1. The second-order valence-corrected chi connectivity index (χ2v) is 8.12. The van der Waals surface area contributed by atoms with Crippen LogP contribution in [0.1, 0.15) is 29.3 Å². The van der Waals surface area contributed by atoms with Crippen molar-refractivity contribution in [2.24, 2.45) is 0 Å². The summed E-state index contributed by atoms with van der Waals surface area (Å²) < 4.78 is 1.32. The van der Waals surface area contributed by atoms with Crippen LogP contribution >= 0.6 is 0 Å². The van der Waals surface area contributed by atoms with Crippen molar-refractivity contribution in [1.82, 2.24) is 20.3 Å². The maximum absolute atomic E-state index is 12.9. The number of carbonyl (C=O) groups excluding carboxylic acids is 2. The Morgan fingerprint density at radius 1 is 1.17 bits per heavy atom. The molecule has 158 valence electrons. The fraction of sp³-hybridized carbons (Fsp3) is 0.409. The molecular weight excluding hydrogens is 382 g/mol. The van der Waals surface area contributed by atoms with Crippen LogP contribution in [-0.2, 0) is 17.8 Å². The molecule has 2 amide bonds. The van der Waals surface area contributed by atoms with Gasteiger partial charge in [0.05, 0.1) is 5.56 Å². The first-order valence-electron chi connectivity index (χ1n) is 10.3. The summed E-state index contributed by atoms with van der Waals surface area (Å²) in [5.74, 6) is -0.334. The summed E-state index contributed by atoms with van der Waals surface area (Å²) >= 11 is 0. The summed E-state index contributed by atoms with van der Waals surface area (Å²) in [5, 5.41) is 0. The van der Waals surface area contributed by atoms with Crippen molar-refractivity contribution >= 4 is 17.5 Å². The highest BCUT2D eigenvalue weighted by Gasteiger charge is 2.26. The molecule has 0 radical (unpaired) electrons. The Balaban J connectivity index is 1.46. The average Bonchev–Trinajstić information content (AvgIpc) is 3.35. The first-order chi connectivity index (χ1) is 14.4. The third-order valence-electron chi connectivity index (χ3n) is 5.74. The van der Waals surface area contributed by atoms with Crippen LogP contribution in [0.15, 0.2) is 47.4 Å². The first-order valence-corrected chi connectivity index (χ1v) is 10.3. The van der Waals surface area contributed by atoms with E-state index >= 15 is 0 Å². The molecule has 3 heterocycles. The Morgan fingerprint density at radius 3 is 2.73 bits per heavy atom. The molecule has 0 spiro atoms. The third kappa shape index (κ3) is 4.15. The smallest absolute Gasteiger partial charge is 0.255 e. The molecule has 1 fully saturated rings. The van der Waals surface area contributed by atoms with Crippen molar-refractivity contribution in [3.63, 3.8) is 0 Å². The van der Waals surface area contributed by atoms with Gasteiger partial charge in [-0.3, -0.25) is 25.2 Å². The quantitative estimate of drug-likeness (QED) is 0.762. The number of rotatable bonds is 5. The fourth-order valence-electron chi connectivity index (χ4n) is 4.17. The maximum Gasteiger partial charge on any atom is 0.255 e. The number of likely N-dealkylation sites (N-methyl/N-ethyl adjacent to an activating group) is 1. The van der Waals surface area contributed by atoms with Crippen molar-refractivity contribution in [2.75, 3.05) is 25.0 Å². The molecule has 2 aliphatic rings. The van der Waals surface area contributed by atoms with Crippen LogP contribution in [0.2, 0.25) is 0 Å². The number of fused-ring (bicyclic) bond motifs is 1. The van der Waals surface area contributed by atoms with Gasteiger partial charge in [0.15, 0.2) is 0 Å². The number of hydrazine groups is 1. The molecule has 1 aromatic carbocycles.